The number of methoxy groups -OCH3 is 1. The van der Waals surface area contributed by atoms with E-state index in [-0.39, 0.29) is 5.91 Å². The lowest BCUT2D eigenvalue weighted by molar-refractivity contribution is 0.0762. The van der Waals surface area contributed by atoms with Gasteiger partial charge < -0.3 is 9.64 Å². The maximum atomic E-state index is 13.0. The third-order valence-electron chi connectivity index (χ3n) is 6.09. The minimum atomic E-state index is -0.00367. The summed E-state index contributed by atoms with van der Waals surface area (Å²) >= 11 is 0. The molecule has 3 aromatic rings. The van der Waals surface area contributed by atoms with E-state index in [0.717, 1.165) is 25.4 Å². The number of ether oxygens (including phenoxy) is 1. The summed E-state index contributed by atoms with van der Waals surface area (Å²) in [6.07, 6.45) is 5.32. The predicted octanol–water partition coefficient (Wildman–Crippen LogP) is 2.11. The number of imidazole rings is 1. The van der Waals surface area contributed by atoms with Gasteiger partial charge in [-0.1, -0.05) is 12.1 Å². The van der Waals surface area contributed by atoms with Crippen LogP contribution in [0.4, 0.5) is 0 Å². The monoisotopic (exact) mass is 377 g/mol. The molecule has 7 heteroatoms. The Labute approximate surface area is 163 Å². The van der Waals surface area contributed by atoms with Crippen LogP contribution in [-0.4, -0.2) is 63.9 Å². The van der Waals surface area contributed by atoms with Crippen molar-refractivity contribution in [3.63, 3.8) is 0 Å². The molecule has 0 saturated carbocycles. The van der Waals surface area contributed by atoms with Crippen molar-refractivity contribution in [1.29, 1.82) is 0 Å². The third-order valence-corrected chi connectivity index (χ3v) is 6.09. The summed E-state index contributed by atoms with van der Waals surface area (Å²) in [5.74, 6) is 2.33. The lowest BCUT2D eigenvalue weighted by atomic mass is 9.89. The van der Waals surface area contributed by atoms with Crippen LogP contribution < -0.4 is 4.74 Å². The van der Waals surface area contributed by atoms with Gasteiger partial charge in [0.05, 0.1) is 7.11 Å². The van der Waals surface area contributed by atoms with Crippen LogP contribution in [0.25, 0.3) is 5.78 Å². The highest BCUT2D eigenvalue weighted by atomic mass is 16.5. The highest BCUT2D eigenvalue weighted by molar-refractivity contribution is 5.93. The molecule has 2 aliphatic heterocycles. The van der Waals surface area contributed by atoms with Gasteiger partial charge in [-0.05, 0) is 36.7 Å². The molecular formula is C21H23N5O2. The minimum Gasteiger partial charge on any atom is -0.497 e. The van der Waals surface area contributed by atoms with Crippen molar-refractivity contribution in [2.75, 3.05) is 33.8 Å². The number of benzene rings is 1. The van der Waals surface area contributed by atoms with Crippen molar-refractivity contribution in [2.45, 2.75) is 6.04 Å². The number of rotatable bonds is 3. The van der Waals surface area contributed by atoms with Gasteiger partial charge in [0.1, 0.15) is 11.4 Å². The number of nitrogens with zero attached hydrogens (tertiary/aromatic N) is 5. The van der Waals surface area contributed by atoms with Crippen LogP contribution in [0.3, 0.4) is 0 Å². The van der Waals surface area contributed by atoms with Crippen LogP contribution in [0.5, 0.6) is 5.75 Å². The molecule has 5 rings (SSSR count). The van der Waals surface area contributed by atoms with E-state index >= 15 is 0 Å². The number of hydrogen-bond acceptors (Lipinski definition) is 5. The van der Waals surface area contributed by atoms with Gasteiger partial charge in [0.2, 0.25) is 5.78 Å². The molecule has 7 nitrogen and oxygen atoms in total. The number of hydrogen-bond donors (Lipinski definition) is 0. The number of aromatic nitrogens is 3. The molecule has 4 heterocycles. The van der Waals surface area contributed by atoms with E-state index in [0.29, 0.717) is 29.3 Å². The molecule has 0 radical (unpaired) electrons. The van der Waals surface area contributed by atoms with Crippen LogP contribution in [-0.2, 0) is 0 Å². The molecule has 0 unspecified atom stereocenters. The third kappa shape index (κ3) is 2.74. The zero-order chi connectivity index (χ0) is 19.3. The summed E-state index contributed by atoms with van der Waals surface area (Å²) in [4.78, 5) is 26.0. The number of carbonyl (C=O) groups excluding carboxylic acids is 1. The number of carbonyl (C=O) groups is 1. The summed E-state index contributed by atoms with van der Waals surface area (Å²) in [7, 11) is 3.86. The Morgan fingerprint density at radius 3 is 2.75 bits per heavy atom. The fourth-order valence-electron chi connectivity index (χ4n) is 4.82. The molecule has 2 saturated heterocycles. The van der Waals surface area contributed by atoms with Crippen LogP contribution in [0.2, 0.25) is 0 Å². The molecule has 2 aliphatic rings. The molecule has 0 N–H and O–H groups in total. The van der Waals surface area contributed by atoms with Crippen LogP contribution in [0, 0.1) is 11.8 Å². The standard InChI is InChI=1S/C21H23N5O2/c1-24-10-15-11-26(20(27)18-13-25-9-3-8-22-21(25)23-18)12-17(15)19(24)14-4-6-16(28-2)7-5-14/h3-9,13,15,17,19H,10-12H2,1-2H3/t15-,17+,19+/m0/s1. The molecule has 2 aromatic heterocycles. The van der Waals surface area contributed by atoms with Gasteiger partial charge in [0.15, 0.2) is 0 Å². The Hall–Kier alpha value is -2.93. The van der Waals surface area contributed by atoms with Crippen molar-refractivity contribution in [1.82, 2.24) is 24.2 Å². The minimum absolute atomic E-state index is 0.00367. The molecule has 28 heavy (non-hydrogen) atoms. The van der Waals surface area contributed by atoms with Crippen LogP contribution >= 0.6 is 0 Å². The van der Waals surface area contributed by atoms with Gasteiger partial charge in [-0.25, -0.2) is 9.97 Å². The molecule has 0 aliphatic carbocycles. The second kappa shape index (κ2) is 6.60. The number of fused-ring (bicyclic) bond motifs is 2. The quantitative estimate of drug-likeness (QED) is 0.700. The zero-order valence-corrected chi connectivity index (χ0v) is 16.0. The normalized spacial score (nSPS) is 24.6. The van der Waals surface area contributed by atoms with Crippen molar-refractivity contribution >= 4 is 11.7 Å². The van der Waals surface area contributed by atoms with E-state index in [9.17, 15) is 4.79 Å². The van der Waals surface area contributed by atoms with Gasteiger partial charge in [-0.3, -0.25) is 14.1 Å². The molecule has 1 aromatic carbocycles. The first-order valence-corrected chi connectivity index (χ1v) is 9.57. The smallest absolute Gasteiger partial charge is 0.274 e. The molecular weight excluding hydrogens is 354 g/mol. The van der Waals surface area contributed by atoms with Gasteiger partial charge in [0, 0.05) is 50.2 Å². The first kappa shape index (κ1) is 17.2. The fraction of sp³-hybridized carbons (Fsp3) is 0.381. The largest absolute Gasteiger partial charge is 0.497 e. The van der Waals surface area contributed by atoms with E-state index < -0.39 is 0 Å². The van der Waals surface area contributed by atoms with E-state index in [2.05, 4.69) is 34.0 Å². The average molecular weight is 377 g/mol. The lowest BCUT2D eigenvalue weighted by Crippen LogP contribution is -2.33. The Balaban J connectivity index is 1.37. The van der Waals surface area contributed by atoms with E-state index in [4.69, 9.17) is 4.74 Å². The predicted molar refractivity (Wildman–Crippen MR) is 104 cm³/mol. The Morgan fingerprint density at radius 1 is 1.18 bits per heavy atom. The molecule has 0 spiro atoms. The molecule has 144 valence electrons. The SMILES string of the molecule is COc1ccc([C@@H]2[C@@H]3CN(C(=O)c4cn5cccnc5n4)C[C@@H]3CN2C)cc1. The highest BCUT2D eigenvalue weighted by Gasteiger charge is 2.47. The highest BCUT2D eigenvalue weighted by Crippen LogP contribution is 2.44. The Kier molecular flexibility index (Phi) is 4.05. The van der Waals surface area contributed by atoms with Crippen LogP contribution in [0.15, 0.2) is 48.9 Å². The maximum Gasteiger partial charge on any atom is 0.274 e. The van der Waals surface area contributed by atoms with Crippen LogP contribution in [0.1, 0.15) is 22.1 Å². The molecule has 3 atom stereocenters. The fourth-order valence-corrected chi connectivity index (χ4v) is 4.82. The van der Waals surface area contributed by atoms with Gasteiger partial charge >= 0.3 is 0 Å². The van der Waals surface area contributed by atoms with Gasteiger partial charge in [-0.2, -0.15) is 0 Å². The summed E-state index contributed by atoms with van der Waals surface area (Å²) in [6.45, 7) is 2.53. The van der Waals surface area contributed by atoms with E-state index in [1.54, 1.807) is 23.9 Å². The van der Waals surface area contributed by atoms with Crippen molar-refractivity contribution in [2.24, 2.45) is 11.8 Å². The second-order valence-corrected chi connectivity index (χ2v) is 7.74. The topological polar surface area (TPSA) is 63.0 Å². The van der Waals surface area contributed by atoms with Gasteiger partial charge in [-0.15, -0.1) is 0 Å². The van der Waals surface area contributed by atoms with E-state index in [1.165, 1.54) is 5.56 Å². The zero-order valence-electron chi connectivity index (χ0n) is 16.0. The van der Waals surface area contributed by atoms with Gasteiger partial charge in [0.25, 0.3) is 5.91 Å². The van der Waals surface area contributed by atoms with Crippen molar-refractivity contribution in [3.05, 3.63) is 60.2 Å². The second-order valence-electron chi connectivity index (χ2n) is 7.74. The lowest BCUT2D eigenvalue weighted by Gasteiger charge is -2.26. The summed E-state index contributed by atoms with van der Waals surface area (Å²) in [5.41, 5.74) is 1.75. The maximum absolute atomic E-state index is 13.0. The van der Waals surface area contributed by atoms with E-state index in [1.807, 2.05) is 29.3 Å². The summed E-state index contributed by atoms with van der Waals surface area (Å²) < 4.78 is 7.08. The number of amides is 1. The summed E-state index contributed by atoms with van der Waals surface area (Å²) in [6, 6.07) is 10.5. The summed E-state index contributed by atoms with van der Waals surface area (Å²) in [5, 5.41) is 0. The first-order chi connectivity index (χ1) is 13.6. The van der Waals surface area contributed by atoms with Crippen molar-refractivity contribution in [3.8, 4) is 5.75 Å². The first-order valence-electron chi connectivity index (χ1n) is 9.57. The molecule has 1 amide bonds. The molecule has 0 bridgehead atoms. The average Bonchev–Trinajstić information content (AvgIpc) is 3.39. The Bertz CT molecular complexity index is 982. The van der Waals surface area contributed by atoms with Crippen molar-refractivity contribution < 1.29 is 9.53 Å². The molecule has 2 fully saturated rings. The Morgan fingerprint density at radius 2 is 2.00 bits per heavy atom. The number of likely N-dealkylation sites (tertiary alicyclic amines) is 2.